The van der Waals surface area contributed by atoms with Crippen molar-refractivity contribution in [1.82, 2.24) is 9.97 Å². The summed E-state index contributed by atoms with van der Waals surface area (Å²) in [6.07, 6.45) is 3.73. The van der Waals surface area contributed by atoms with E-state index in [-0.39, 0.29) is 23.9 Å². The van der Waals surface area contributed by atoms with Crippen LogP contribution in [0.1, 0.15) is 53.5 Å². The predicted octanol–water partition coefficient (Wildman–Crippen LogP) is 6.04. The molecule has 1 aliphatic carbocycles. The molecule has 3 heterocycles. The number of H-pyrrole nitrogens is 1. The third-order valence-corrected chi connectivity index (χ3v) is 6.77. The average Bonchev–Trinajstić information content (AvgIpc) is 3.45. The minimum atomic E-state index is -0.129. The van der Waals surface area contributed by atoms with Crippen molar-refractivity contribution in [3.05, 3.63) is 89.1 Å². The second kappa shape index (κ2) is 7.48. The number of para-hydroxylation sites is 1. The van der Waals surface area contributed by atoms with Crippen LogP contribution in [-0.2, 0) is 22.3 Å². The quantitative estimate of drug-likeness (QED) is 0.422. The van der Waals surface area contributed by atoms with E-state index in [1.54, 1.807) is 6.26 Å². The molecule has 1 unspecified atom stereocenters. The van der Waals surface area contributed by atoms with Crippen molar-refractivity contribution in [2.24, 2.45) is 5.41 Å². The van der Waals surface area contributed by atoms with Crippen molar-refractivity contribution in [2.75, 3.05) is 6.79 Å². The highest BCUT2D eigenvalue weighted by Gasteiger charge is 2.37. The van der Waals surface area contributed by atoms with Crippen molar-refractivity contribution >= 4 is 27.6 Å². The maximum Gasteiger partial charge on any atom is 0.229 e. The third-order valence-electron chi connectivity index (χ3n) is 6.77. The van der Waals surface area contributed by atoms with E-state index >= 15 is 0 Å². The predicted molar refractivity (Wildman–Crippen MR) is 128 cm³/mol. The van der Waals surface area contributed by atoms with Crippen LogP contribution in [0.2, 0.25) is 0 Å². The number of carbonyl (C=O) groups excluding carboxylic acids is 1. The standard InChI is InChI=1S/C28H26N2O3/c1-28(2)13-21-25(22(31)14-28)24-18-10-6-7-11-20(18)29-27(24)26(30-21)19(23-15-32-16-33-23)12-17-8-4-3-5-9-17/h3-11,15,19,29H,12-14,16H2,1-2H3. The first-order valence-electron chi connectivity index (χ1n) is 11.4. The molecule has 0 saturated heterocycles. The molecule has 1 atom stereocenters. The SMILES string of the molecule is CC1(C)CC(=O)c2c(nc(C(Cc3ccccc3)C3=COCO3)c3[nH]c4ccccc4c23)C1. The fourth-order valence-corrected chi connectivity index (χ4v) is 5.33. The lowest BCUT2D eigenvalue weighted by atomic mass is 9.74. The van der Waals surface area contributed by atoms with Gasteiger partial charge in [-0.1, -0.05) is 62.4 Å². The number of hydrogen-bond acceptors (Lipinski definition) is 4. The summed E-state index contributed by atoms with van der Waals surface area (Å²) >= 11 is 0. The summed E-state index contributed by atoms with van der Waals surface area (Å²) in [5, 5.41) is 2.06. The Morgan fingerprint density at radius 1 is 1.06 bits per heavy atom. The molecule has 1 aliphatic heterocycles. The lowest BCUT2D eigenvalue weighted by Crippen LogP contribution is -2.29. The van der Waals surface area contributed by atoms with Crippen LogP contribution in [0.3, 0.4) is 0 Å². The summed E-state index contributed by atoms with van der Waals surface area (Å²) in [6.45, 7) is 4.51. The van der Waals surface area contributed by atoms with Gasteiger partial charge in [-0.3, -0.25) is 9.78 Å². The summed E-state index contributed by atoms with van der Waals surface area (Å²) in [4.78, 5) is 22.2. The van der Waals surface area contributed by atoms with Crippen LogP contribution in [0.5, 0.6) is 0 Å². The van der Waals surface area contributed by atoms with Crippen molar-refractivity contribution in [3.63, 3.8) is 0 Å². The van der Waals surface area contributed by atoms with Crippen LogP contribution >= 0.6 is 0 Å². The van der Waals surface area contributed by atoms with E-state index in [0.29, 0.717) is 6.42 Å². The number of fused-ring (bicyclic) bond motifs is 5. The normalized spacial score (nSPS) is 18.0. The number of ether oxygens (including phenoxy) is 2. The molecule has 0 bridgehead atoms. The highest BCUT2D eigenvalue weighted by molar-refractivity contribution is 6.19. The summed E-state index contributed by atoms with van der Waals surface area (Å²) < 4.78 is 11.3. The molecule has 166 valence electrons. The Balaban J connectivity index is 1.64. The van der Waals surface area contributed by atoms with Crippen LogP contribution in [0, 0.1) is 5.41 Å². The molecule has 4 aromatic rings. The van der Waals surface area contributed by atoms with Crippen molar-refractivity contribution in [2.45, 2.75) is 39.0 Å². The molecule has 5 nitrogen and oxygen atoms in total. The molecule has 0 spiro atoms. The first kappa shape index (κ1) is 20.0. The van der Waals surface area contributed by atoms with Gasteiger partial charge in [-0.15, -0.1) is 0 Å². The molecule has 0 fully saturated rings. The van der Waals surface area contributed by atoms with Crippen molar-refractivity contribution < 1.29 is 14.3 Å². The van der Waals surface area contributed by atoms with E-state index in [1.807, 2.05) is 30.3 Å². The molecular weight excluding hydrogens is 412 g/mol. The maximum absolute atomic E-state index is 13.4. The second-order valence-electron chi connectivity index (χ2n) is 9.87. The summed E-state index contributed by atoms with van der Waals surface area (Å²) in [5.41, 5.74) is 5.58. The smallest absolute Gasteiger partial charge is 0.229 e. The van der Waals surface area contributed by atoms with Gasteiger partial charge >= 0.3 is 0 Å². The number of Topliss-reactive ketones (excluding diaryl/α,β-unsaturated/α-hetero) is 1. The van der Waals surface area contributed by atoms with Gasteiger partial charge < -0.3 is 14.5 Å². The van der Waals surface area contributed by atoms with Gasteiger partial charge in [-0.2, -0.15) is 0 Å². The lowest BCUT2D eigenvalue weighted by Gasteiger charge is -2.31. The molecule has 0 amide bonds. The number of ketones is 1. The van der Waals surface area contributed by atoms with E-state index in [0.717, 1.165) is 57.4 Å². The summed E-state index contributed by atoms with van der Waals surface area (Å²) in [7, 11) is 0. The summed E-state index contributed by atoms with van der Waals surface area (Å²) in [6, 6.07) is 18.5. The zero-order valence-electron chi connectivity index (χ0n) is 18.9. The van der Waals surface area contributed by atoms with Crippen molar-refractivity contribution in [3.8, 4) is 0 Å². The van der Waals surface area contributed by atoms with Gasteiger partial charge in [-0.25, -0.2) is 0 Å². The molecule has 2 aromatic heterocycles. The van der Waals surface area contributed by atoms with Crippen LogP contribution in [-0.4, -0.2) is 22.5 Å². The number of carbonyl (C=O) groups is 1. The van der Waals surface area contributed by atoms with E-state index in [2.05, 4.69) is 43.1 Å². The number of aromatic amines is 1. The number of pyridine rings is 1. The first-order chi connectivity index (χ1) is 16.0. The van der Waals surface area contributed by atoms with Gasteiger partial charge in [0.1, 0.15) is 12.0 Å². The van der Waals surface area contributed by atoms with Gasteiger partial charge in [0.05, 0.1) is 22.8 Å². The zero-order valence-corrected chi connectivity index (χ0v) is 18.9. The first-order valence-corrected chi connectivity index (χ1v) is 11.4. The van der Waals surface area contributed by atoms with E-state index in [9.17, 15) is 4.79 Å². The second-order valence-corrected chi connectivity index (χ2v) is 9.87. The van der Waals surface area contributed by atoms with Crippen molar-refractivity contribution in [1.29, 1.82) is 0 Å². The zero-order chi connectivity index (χ0) is 22.6. The molecule has 0 saturated carbocycles. The van der Waals surface area contributed by atoms with Gasteiger partial charge in [0.25, 0.3) is 0 Å². The van der Waals surface area contributed by atoms with Crippen LogP contribution < -0.4 is 0 Å². The minimum absolute atomic E-state index is 0.116. The lowest BCUT2D eigenvalue weighted by molar-refractivity contribution is 0.0750. The van der Waals surface area contributed by atoms with Crippen LogP contribution in [0.15, 0.2) is 66.6 Å². The van der Waals surface area contributed by atoms with Gasteiger partial charge in [0.15, 0.2) is 5.78 Å². The molecule has 5 heteroatoms. The third kappa shape index (κ3) is 3.39. The molecule has 33 heavy (non-hydrogen) atoms. The van der Waals surface area contributed by atoms with Gasteiger partial charge in [0.2, 0.25) is 6.79 Å². The number of nitrogens with zero attached hydrogens (tertiary/aromatic N) is 1. The molecule has 6 rings (SSSR count). The number of benzene rings is 2. The monoisotopic (exact) mass is 438 g/mol. The Kier molecular flexibility index (Phi) is 4.54. The molecule has 1 N–H and O–H groups in total. The van der Waals surface area contributed by atoms with Gasteiger partial charge in [-0.05, 0) is 29.9 Å². The molecular formula is C28H26N2O3. The Hall–Kier alpha value is -3.60. The minimum Gasteiger partial charge on any atom is -0.462 e. The number of hydrogen-bond donors (Lipinski definition) is 1. The van der Waals surface area contributed by atoms with Gasteiger partial charge in [0, 0.05) is 28.3 Å². The highest BCUT2D eigenvalue weighted by Crippen LogP contribution is 2.43. The Morgan fingerprint density at radius 2 is 1.85 bits per heavy atom. The van der Waals surface area contributed by atoms with E-state index in [4.69, 9.17) is 14.5 Å². The van der Waals surface area contributed by atoms with Crippen LogP contribution in [0.4, 0.5) is 0 Å². The fraction of sp³-hybridized carbons (Fsp3) is 0.286. The van der Waals surface area contributed by atoms with E-state index < -0.39 is 0 Å². The fourth-order valence-electron chi connectivity index (χ4n) is 5.33. The van der Waals surface area contributed by atoms with E-state index in [1.165, 1.54) is 5.56 Å². The molecule has 2 aliphatic rings. The molecule has 0 radical (unpaired) electrons. The number of allylic oxidation sites excluding steroid dienone is 1. The number of nitrogens with one attached hydrogen (secondary N) is 1. The number of rotatable bonds is 4. The van der Waals surface area contributed by atoms with Crippen LogP contribution in [0.25, 0.3) is 21.8 Å². The Morgan fingerprint density at radius 3 is 2.64 bits per heavy atom. The average molecular weight is 439 g/mol. The Labute approximate surface area is 192 Å². The maximum atomic E-state index is 13.4. The molecule has 2 aromatic carbocycles. The summed E-state index contributed by atoms with van der Waals surface area (Å²) in [5.74, 6) is 0.817. The largest absolute Gasteiger partial charge is 0.462 e. The highest BCUT2D eigenvalue weighted by atomic mass is 16.7. The Bertz CT molecular complexity index is 1420. The number of aromatic nitrogens is 2. The topological polar surface area (TPSA) is 64.2 Å².